The van der Waals surface area contributed by atoms with E-state index in [1.54, 1.807) is 6.92 Å². The molecule has 3 unspecified atom stereocenters. The van der Waals surface area contributed by atoms with Crippen molar-refractivity contribution in [1.82, 2.24) is 5.32 Å². The summed E-state index contributed by atoms with van der Waals surface area (Å²) in [4.78, 5) is 11.7. The molecule has 100 valence electrons. The number of nitrogens with one attached hydrogen (secondary N) is 1. The van der Waals surface area contributed by atoms with Crippen LogP contribution in [-0.4, -0.2) is 23.7 Å². The molecular weight excluding hydrogens is 214 g/mol. The van der Waals surface area contributed by atoms with Crippen molar-refractivity contribution in [1.29, 1.82) is 0 Å². The van der Waals surface area contributed by atoms with Crippen LogP contribution in [0.1, 0.15) is 53.4 Å². The lowest BCUT2D eigenvalue weighted by atomic mass is 9.67. The van der Waals surface area contributed by atoms with Gasteiger partial charge in [-0.25, -0.2) is 0 Å². The predicted molar refractivity (Wildman–Crippen MR) is 69.6 cm³/mol. The van der Waals surface area contributed by atoms with Gasteiger partial charge < -0.3 is 10.4 Å². The Morgan fingerprint density at radius 2 is 2.12 bits per heavy atom. The summed E-state index contributed by atoms with van der Waals surface area (Å²) in [6.45, 7) is 8.92. The molecule has 0 bridgehead atoms. The van der Waals surface area contributed by atoms with Crippen LogP contribution < -0.4 is 5.32 Å². The maximum absolute atomic E-state index is 11.7. The molecule has 2 N–H and O–H groups in total. The minimum absolute atomic E-state index is 0.0841. The van der Waals surface area contributed by atoms with Crippen molar-refractivity contribution >= 4 is 5.91 Å². The van der Waals surface area contributed by atoms with E-state index >= 15 is 0 Å². The molecule has 3 atom stereocenters. The first-order valence-electron chi connectivity index (χ1n) is 6.73. The Morgan fingerprint density at radius 1 is 1.47 bits per heavy atom. The number of hydrogen-bond acceptors (Lipinski definition) is 2. The number of carbonyl (C=O) groups excluding carboxylic acids is 1. The summed E-state index contributed by atoms with van der Waals surface area (Å²) in [5.41, 5.74) is 0.368. The van der Waals surface area contributed by atoms with E-state index in [1.807, 2.05) is 0 Å². The lowest BCUT2D eigenvalue weighted by molar-refractivity contribution is -0.123. The lowest BCUT2D eigenvalue weighted by Crippen LogP contribution is -2.34. The van der Waals surface area contributed by atoms with Gasteiger partial charge >= 0.3 is 0 Å². The number of amides is 1. The fourth-order valence-corrected chi connectivity index (χ4v) is 3.30. The monoisotopic (exact) mass is 241 g/mol. The molecule has 1 amide bonds. The number of aliphatic hydroxyl groups excluding tert-OH is 1. The Kier molecular flexibility index (Phi) is 4.99. The predicted octanol–water partition coefficient (Wildman–Crippen LogP) is 2.34. The standard InChI is InChI=1S/C14H27NO2/c1-10-5-12(8-14(3,4)7-10)6-13(17)15-9-11(2)16/h10-12,16H,5-9H2,1-4H3,(H,15,17). The fourth-order valence-electron chi connectivity index (χ4n) is 3.30. The van der Waals surface area contributed by atoms with E-state index in [0.717, 1.165) is 12.8 Å². The second-order valence-electron chi connectivity index (χ2n) is 6.64. The van der Waals surface area contributed by atoms with E-state index in [-0.39, 0.29) is 5.91 Å². The van der Waals surface area contributed by atoms with Gasteiger partial charge in [0.05, 0.1) is 6.10 Å². The Labute approximate surface area is 105 Å². The summed E-state index contributed by atoms with van der Waals surface area (Å²) >= 11 is 0. The topological polar surface area (TPSA) is 49.3 Å². The van der Waals surface area contributed by atoms with Crippen molar-refractivity contribution in [3.05, 3.63) is 0 Å². The third kappa shape index (κ3) is 5.53. The summed E-state index contributed by atoms with van der Waals surface area (Å²) < 4.78 is 0. The number of rotatable bonds is 4. The number of hydrogen-bond donors (Lipinski definition) is 2. The maximum atomic E-state index is 11.7. The number of aliphatic hydroxyl groups is 1. The summed E-state index contributed by atoms with van der Waals surface area (Å²) in [6.07, 6.45) is 3.71. The normalized spacial score (nSPS) is 29.7. The van der Waals surface area contributed by atoms with Gasteiger partial charge in [0.2, 0.25) is 5.91 Å². The van der Waals surface area contributed by atoms with Crippen molar-refractivity contribution < 1.29 is 9.90 Å². The first-order valence-corrected chi connectivity index (χ1v) is 6.73. The summed E-state index contributed by atoms with van der Waals surface area (Å²) in [5, 5.41) is 11.9. The van der Waals surface area contributed by atoms with Gasteiger partial charge in [0.1, 0.15) is 0 Å². The molecule has 3 nitrogen and oxygen atoms in total. The third-order valence-electron chi connectivity index (χ3n) is 3.55. The van der Waals surface area contributed by atoms with Crippen molar-refractivity contribution in [2.24, 2.45) is 17.3 Å². The van der Waals surface area contributed by atoms with Crippen LogP contribution in [0.2, 0.25) is 0 Å². The molecule has 0 aromatic rings. The Morgan fingerprint density at radius 3 is 2.65 bits per heavy atom. The van der Waals surface area contributed by atoms with Gasteiger partial charge in [-0.05, 0) is 43.4 Å². The molecule has 1 aliphatic rings. The van der Waals surface area contributed by atoms with Crippen LogP contribution in [0, 0.1) is 17.3 Å². The molecule has 1 saturated carbocycles. The van der Waals surface area contributed by atoms with Gasteiger partial charge in [-0.2, -0.15) is 0 Å². The second-order valence-corrected chi connectivity index (χ2v) is 6.64. The molecule has 0 heterocycles. The molecule has 1 aliphatic carbocycles. The van der Waals surface area contributed by atoms with Crippen LogP contribution in [0.5, 0.6) is 0 Å². The summed E-state index contributed by atoms with van der Waals surface area (Å²) in [6, 6.07) is 0. The first kappa shape index (κ1) is 14.5. The lowest BCUT2D eigenvalue weighted by Gasteiger charge is -2.38. The van der Waals surface area contributed by atoms with Crippen molar-refractivity contribution in [2.45, 2.75) is 59.5 Å². The Balaban J connectivity index is 2.37. The third-order valence-corrected chi connectivity index (χ3v) is 3.55. The quantitative estimate of drug-likeness (QED) is 0.793. The molecule has 1 fully saturated rings. The van der Waals surface area contributed by atoms with Crippen LogP contribution in [0.15, 0.2) is 0 Å². The van der Waals surface area contributed by atoms with Crippen LogP contribution in [0.25, 0.3) is 0 Å². The highest BCUT2D eigenvalue weighted by Gasteiger charge is 2.32. The second kappa shape index (κ2) is 5.85. The van der Waals surface area contributed by atoms with E-state index in [4.69, 9.17) is 5.11 Å². The average Bonchev–Trinajstić information content (AvgIpc) is 2.11. The Bertz CT molecular complexity index is 261. The van der Waals surface area contributed by atoms with Gasteiger partial charge in [-0.15, -0.1) is 0 Å². The van der Waals surface area contributed by atoms with Gasteiger partial charge in [-0.3, -0.25) is 4.79 Å². The van der Waals surface area contributed by atoms with Gasteiger partial charge in [0, 0.05) is 13.0 Å². The van der Waals surface area contributed by atoms with Crippen molar-refractivity contribution in [3.63, 3.8) is 0 Å². The van der Waals surface area contributed by atoms with Gasteiger partial charge in [0.25, 0.3) is 0 Å². The first-order chi connectivity index (χ1) is 7.78. The minimum Gasteiger partial charge on any atom is -0.392 e. The molecule has 0 saturated heterocycles. The molecule has 0 aromatic carbocycles. The minimum atomic E-state index is -0.458. The van der Waals surface area contributed by atoms with E-state index < -0.39 is 6.10 Å². The molecule has 0 aliphatic heterocycles. The SMILES string of the molecule is CC(O)CNC(=O)CC1CC(C)CC(C)(C)C1. The van der Waals surface area contributed by atoms with Crippen molar-refractivity contribution in [3.8, 4) is 0 Å². The smallest absolute Gasteiger partial charge is 0.220 e. The van der Waals surface area contributed by atoms with Crippen LogP contribution in [0.3, 0.4) is 0 Å². The van der Waals surface area contributed by atoms with Crippen molar-refractivity contribution in [2.75, 3.05) is 6.54 Å². The molecule has 3 heteroatoms. The fraction of sp³-hybridized carbons (Fsp3) is 0.929. The largest absolute Gasteiger partial charge is 0.392 e. The van der Waals surface area contributed by atoms with Crippen LogP contribution in [-0.2, 0) is 4.79 Å². The Hall–Kier alpha value is -0.570. The van der Waals surface area contributed by atoms with E-state index in [9.17, 15) is 4.79 Å². The summed E-state index contributed by atoms with van der Waals surface area (Å²) in [7, 11) is 0. The molecule has 17 heavy (non-hydrogen) atoms. The zero-order chi connectivity index (χ0) is 13.1. The number of carbonyl (C=O) groups is 1. The molecule has 0 spiro atoms. The molecule has 0 aromatic heterocycles. The van der Waals surface area contributed by atoms with E-state index in [0.29, 0.717) is 30.2 Å². The highest BCUT2D eigenvalue weighted by atomic mass is 16.3. The van der Waals surface area contributed by atoms with Crippen LogP contribution >= 0.6 is 0 Å². The summed E-state index contributed by atoms with van der Waals surface area (Å²) in [5.74, 6) is 1.30. The van der Waals surface area contributed by atoms with Crippen LogP contribution in [0.4, 0.5) is 0 Å². The average molecular weight is 241 g/mol. The molecule has 0 radical (unpaired) electrons. The molecule has 1 rings (SSSR count). The maximum Gasteiger partial charge on any atom is 0.220 e. The zero-order valence-electron chi connectivity index (χ0n) is 11.6. The van der Waals surface area contributed by atoms with E-state index in [1.165, 1.54) is 6.42 Å². The zero-order valence-corrected chi connectivity index (χ0v) is 11.6. The highest BCUT2D eigenvalue weighted by Crippen LogP contribution is 2.42. The van der Waals surface area contributed by atoms with E-state index in [2.05, 4.69) is 26.1 Å². The highest BCUT2D eigenvalue weighted by molar-refractivity contribution is 5.76. The van der Waals surface area contributed by atoms with Gasteiger partial charge in [0.15, 0.2) is 0 Å². The van der Waals surface area contributed by atoms with Gasteiger partial charge in [-0.1, -0.05) is 20.8 Å². The molecular formula is C14H27NO2.